The van der Waals surface area contributed by atoms with E-state index >= 15 is 9.59 Å². The summed E-state index contributed by atoms with van der Waals surface area (Å²) in [5.41, 5.74) is -1.31. The summed E-state index contributed by atoms with van der Waals surface area (Å²) >= 11 is 0. The smallest absolute Gasteiger partial charge is 0.339 e. The second-order valence-corrected chi connectivity index (χ2v) is 19.6. The van der Waals surface area contributed by atoms with Crippen LogP contribution >= 0.6 is 0 Å². The molecular weight excluding hydrogens is 781 g/mol. The van der Waals surface area contributed by atoms with Crippen LogP contribution in [0.2, 0.25) is 0 Å². The van der Waals surface area contributed by atoms with Crippen LogP contribution in [0.3, 0.4) is 0 Å². The van der Waals surface area contributed by atoms with E-state index in [0.29, 0.717) is 5.56 Å². The highest BCUT2D eigenvalue weighted by Gasteiger charge is 2.44. The van der Waals surface area contributed by atoms with Crippen molar-refractivity contribution in [3.05, 3.63) is 34.9 Å². The van der Waals surface area contributed by atoms with Gasteiger partial charge in [-0.25, -0.2) is 14.4 Å². The summed E-state index contributed by atoms with van der Waals surface area (Å²) in [5.74, 6) is -0.771. The van der Waals surface area contributed by atoms with Crippen LogP contribution in [0.25, 0.3) is 0 Å². The number of benzene rings is 1. The molecule has 0 amide bonds. The van der Waals surface area contributed by atoms with E-state index in [1.807, 2.05) is 0 Å². The molecule has 0 bridgehead atoms. The third-order valence-corrected chi connectivity index (χ3v) is 14.2. The molecule has 6 nitrogen and oxygen atoms in total. The molecule has 0 aliphatic heterocycles. The second-order valence-electron chi connectivity index (χ2n) is 19.6. The van der Waals surface area contributed by atoms with Gasteiger partial charge in [-0.05, 0) is 113 Å². The summed E-state index contributed by atoms with van der Waals surface area (Å²) < 4.78 is 20.7. The van der Waals surface area contributed by atoms with Crippen molar-refractivity contribution >= 4 is 17.9 Å². The van der Waals surface area contributed by atoms with Gasteiger partial charge in [0.05, 0.1) is 16.7 Å². The summed E-state index contributed by atoms with van der Waals surface area (Å²) in [6.07, 6.45) is 29.2. The zero-order valence-corrected chi connectivity index (χ0v) is 43.6. The average molecular weight is 883 g/mol. The standard InChI is InChI=1S/C57H102O6/c1-13-25-28-34-47(31-16-4)55(39-19-7,40-20-8)61-52(58)46-37-38-50(53(59)62-56(41-21-9,42-22-10)48(32-17-5)35-29-26-14-2)51(45-46)54(60)63-57(43-23-11,44-24-12)49(33-18-6)36-30-27-15-3/h37-38,45,47-49H,13-36,39-44H2,1-12H3. The molecule has 1 aromatic carbocycles. The van der Waals surface area contributed by atoms with Crippen LogP contribution in [0.15, 0.2) is 18.2 Å². The van der Waals surface area contributed by atoms with Crippen LogP contribution in [0.5, 0.6) is 0 Å². The Morgan fingerprint density at radius 2 is 0.667 bits per heavy atom. The Kier molecular flexibility index (Phi) is 30.9. The predicted molar refractivity (Wildman–Crippen MR) is 268 cm³/mol. The van der Waals surface area contributed by atoms with Gasteiger partial charge in [0.15, 0.2) is 0 Å². The molecule has 0 N–H and O–H groups in total. The molecule has 3 unspecified atom stereocenters. The summed E-state index contributed by atoms with van der Waals surface area (Å²) in [6, 6.07) is 4.99. The molecule has 1 aromatic rings. The monoisotopic (exact) mass is 883 g/mol. The Balaban J connectivity index is 4.18. The van der Waals surface area contributed by atoms with Gasteiger partial charge in [-0.2, -0.15) is 0 Å². The molecular formula is C57H102O6. The van der Waals surface area contributed by atoms with E-state index in [0.717, 1.165) is 193 Å². The van der Waals surface area contributed by atoms with Crippen molar-refractivity contribution in [3.8, 4) is 0 Å². The van der Waals surface area contributed by atoms with E-state index in [9.17, 15) is 4.79 Å². The third-order valence-electron chi connectivity index (χ3n) is 14.2. The number of carbonyl (C=O) groups is 3. The van der Waals surface area contributed by atoms with E-state index in [1.54, 1.807) is 18.2 Å². The lowest BCUT2D eigenvalue weighted by Crippen LogP contribution is -2.44. The van der Waals surface area contributed by atoms with Crippen molar-refractivity contribution in [2.45, 2.75) is 293 Å². The van der Waals surface area contributed by atoms with Crippen molar-refractivity contribution in [2.24, 2.45) is 17.8 Å². The minimum Gasteiger partial charge on any atom is -0.455 e. The first-order valence-corrected chi connectivity index (χ1v) is 27.2. The van der Waals surface area contributed by atoms with Gasteiger partial charge < -0.3 is 14.2 Å². The fourth-order valence-corrected chi connectivity index (χ4v) is 11.4. The normalized spacial score (nSPS) is 13.7. The highest BCUT2D eigenvalue weighted by Crippen LogP contribution is 2.43. The van der Waals surface area contributed by atoms with Gasteiger partial charge in [0.1, 0.15) is 16.8 Å². The molecule has 3 atom stereocenters. The van der Waals surface area contributed by atoms with E-state index in [4.69, 9.17) is 14.2 Å². The van der Waals surface area contributed by atoms with E-state index in [-0.39, 0.29) is 28.9 Å². The SMILES string of the molecule is CCCCCC(CCC)C(CCC)(CCC)OC(=O)c1ccc(C(=O)OC(CCC)(CCC)C(CCC)CCCCC)c(C(=O)OC(CCC)(CCC)C(CCC)CCCCC)c1. The number of esters is 3. The first-order valence-electron chi connectivity index (χ1n) is 27.2. The lowest BCUT2D eigenvalue weighted by atomic mass is 9.75. The molecule has 0 saturated heterocycles. The number of carbonyl (C=O) groups excluding carboxylic acids is 3. The third kappa shape index (κ3) is 18.4. The van der Waals surface area contributed by atoms with Crippen LogP contribution in [0.4, 0.5) is 0 Å². The van der Waals surface area contributed by atoms with E-state index in [2.05, 4.69) is 83.1 Å². The molecule has 0 saturated carbocycles. The number of unbranched alkanes of at least 4 members (excludes halogenated alkanes) is 6. The summed E-state index contributed by atoms with van der Waals surface area (Å²) in [4.78, 5) is 45.0. The molecule has 63 heavy (non-hydrogen) atoms. The lowest BCUT2D eigenvalue weighted by molar-refractivity contribution is -0.0714. The van der Waals surface area contributed by atoms with Crippen LogP contribution in [0.1, 0.15) is 307 Å². The van der Waals surface area contributed by atoms with Gasteiger partial charge in [-0.15, -0.1) is 0 Å². The van der Waals surface area contributed by atoms with Gasteiger partial charge in [0.25, 0.3) is 0 Å². The molecule has 0 fully saturated rings. The van der Waals surface area contributed by atoms with Crippen LogP contribution < -0.4 is 0 Å². The first-order chi connectivity index (χ1) is 30.4. The van der Waals surface area contributed by atoms with Gasteiger partial charge in [-0.1, -0.05) is 199 Å². The Hall–Kier alpha value is -2.37. The zero-order chi connectivity index (χ0) is 47.2. The van der Waals surface area contributed by atoms with Gasteiger partial charge in [0.2, 0.25) is 0 Å². The fraction of sp³-hybridized carbons (Fsp3) is 0.842. The van der Waals surface area contributed by atoms with Crippen molar-refractivity contribution in [1.29, 1.82) is 0 Å². The predicted octanol–water partition coefficient (Wildman–Crippen LogP) is 18.2. The molecule has 0 aromatic heterocycles. The maximum atomic E-state index is 15.2. The number of ether oxygens (including phenoxy) is 3. The van der Waals surface area contributed by atoms with Gasteiger partial charge >= 0.3 is 17.9 Å². The molecule has 0 aliphatic rings. The van der Waals surface area contributed by atoms with E-state index < -0.39 is 34.7 Å². The first kappa shape index (κ1) is 58.6. The molecule has 6 heteroatoms. The Labute approximate surface area is 390 Å². The van der Waals surface area contributed by atoms with Crippen LogP contribution in [-0.2, 0) is 14.2 Å². The minimum absolute atomic E-state index is 0.124. The number of rotatable bonds is 39. The van der Waals surface area contributed by atoms with Crippen molar-refractivity contribution < 1.29 is 28.6 Å². The van der Waals surface area contributed by atoms with E-state index in [1.165, 1.54) is 0 Å². The fourth-order valence-electron chi connectivity index (χ4n) is 11.4. The molecule has 366 valence electrons. The highest BCUT2D eigenvalue weighted by molar-refractivity contribution is 6.05. The van der Waals surface area contributed by atoms with Crippen molar-refractivity contribution in [3.63, 3.8) is 0 Å². The maximum Gasteiger partial charge on any atom is 0.339 e. The molecule has 0 spiro atoms. The number of hydrogen-bond donors (Lipinski definition) is 0. The largest absolute Gasteiger partial charge is 0.455 e. The van der Waals surface area contributed by atoms with Crippen LogP contribution in [0, 0.1) is 17.8 Å². The second kappa shape index (κ2) is 33.2. The molecule has 0 radical (unpaired) electrons. The Morgan fingerprint density at radius 1 is 0.365 bits per heavy atom. The number of hydrogen-bond acceptors (Lipinski definition) is 6. The summed E-state index contributed by atoms with van der Waals surface area (Å²) in [6.45, 7) is 26.4. The van der Waals surface area contributed by atoms with Gasteiger partial charge in [0, 0.05) is 0 Å². The summed E-state index contributed by atoms with van der Waals surface area (Å²) in [5, 5.41) is 0. The Bertz CT molecular complexity index is 1350. The maximum absolute atomic E-state index is 15.2. The quantitative estimate of drug-likeness (QED) is 0.0372. The highest BCUT2D eigenvalue weighted by atomic mass is 16.6. The Morgan fingerprint density at radius 3 is 0.952 bits per heavy atom. The van der Waals surface area contributed by atoms with Crippen molar-refractivity contribution in [2.75, 3.05) is 0 Å². The lowest BCUT2D eigenvalue weighted by Gasteiger charge is -2.42. The molecule has 0 heterocycles. The van der Waals surface area contributed by atoms with Crippen LogP contribution in [-0.4, -0.2) is 34.7 Å². The average Bonchev–Trinajstić information content (AvgIpc) is 3.25. The van der Waals surface area contributed by atoms with Crippen molar-refractivity contribution in [1.82, 2.24) is 0 Å². The molecule has 0 aliphatic carbocycles. The van der Waals surface area contributed by atoms with Gasteiger partial charge in [-0.3, -0.25) is 0 Å². The zero-order valence-electron chi connectivity index (χ0n) is 43.6. The minimum atomic E-state index is -0.676. The molecule has 1 rings (SSSR count). The summed E-state index contributed by atoms with van der Waals surface area (Å²) in [7, 11) is 0. The topological polar surface area (TPSA) is 78.9 Å².